The van der Waals surface area contributed by atoms with Gasteiger partial charge in [-0.15, -0.1) is 24.0 Å². The van der Waals surface area contributed by atoms with Gasteiger partial charge in [0.05, 0.1) is 0 Å². The van der Waals surface area contributed by atoms with E-state index in [1.807, 2.05) is 17.0 Å². The van der Waals surface area contributed by atoms with Crippen LogP contribution in [0.5, 0.6) is 0 Å². The molecule has 1 unspecified atom stereocenters. The summed E-state index contributed by atoms with van der Waals surface area (Å²) >= 11 is 0. The van der Waals surface area contributed by atoms with Crippen LogP contribution in [0.3, 0.4) is 0 Å². The minimum absolute atomic E-state index is 0. The van der Waals surface area contributed by atoms with Gasteiger partial charge in [0.2, 0.25) is 5.91 Å². The summed E-state index contributed by atoms with van der Waals surface area (Å²) < 4.78 is 0. The first-order valence-electron chi connectivity index (χ1n) is 10.7. The third-order valence-corrected chi connectivity index (χ3v) is 5.55. The van der Waals surface area contributed by atoms with Gasteiger partial charge in [-0.25, -0.2) is 0 Å². The summed E-state index contributed by atoms with van der Waals surface area (Å²) in [5, 5.41) is 6.61. The summed E-state index contributed by atoms with van der Waals surface area (Å²) in [5.41, 5.74) is 2.52. The number of benzene rings is 2. The molecule has 1 aliphatic rings. The Morgan fingerprint density at radius 1 is 0.968 bits per heavy atom. The van der Waals surface area contributed by atoms with E-state index in [0.29, 0.717) is 18.9 Å². The number of anilines is 1. The van der Waals surface area contributed by atoms with Crippen LogP contribution in [0.4, 0.5) is 5.69 Å². The Morgan fingerprint density at radius 2 is 1.58 bits per heavy atom. The maximum atomic E-state index is 12.6. The van der Waals surface area contributed by atoms with Crippen molar-refractivity contribution in [1.82, 2.24) is 15.5 Å². The second kappa shape index (κ2) is 13.2. The lowest BCUT2D eigenvalue weighted by Gasteiger charge is -2.36. The fourth-order valence-electron chi connectivity index (χ4n) is 3.67. The van der Waals surface area contributed by atoms with Crippen molar-refractivity contribution in [2.75, 3.05) is 51.2 Å². The highest BCUT2D eigenvalue weighted by atomic mass is 127. The highest BCUT2D eigenvalue weighted by Gasteiger charge is 2.20. The van der Waals surface area contributed by atoms with Crippen LogP contribution in [-0.4, -0.2) is 63.1 Å². The normalized spacial score (nSPS) is 15.1. The maximum Gasteiger partial charge on any atom is 0.224 e. The third kappa shape index (κ3) is 7.72. The topological polar surface area (TPSA) is 60.0 Å². The second-order valence-corrected chi connectivity index (χ2v) is 7.65. The first-order chi connectivity index (χ1) is 14.7. The monoisotopic (exact) mass is 535 g/mol. The Bertz CT molecular complexity index is 807. The molecule has 3 rings (SSSR count). The van der Waals surface area contributed by atoms with Crippen molar-refractivity contribution in [3.8, 4) is 0 Å². The fourth-order valence-corrected chi connectivity index (χ4v) is 3.67. The van der Waals surface area contributed by atoms with Gasteiger partial charge in [0.15, 0.2) is 5.96 Å². The van der Waals surface area contributed by atoms with Crippen LogP contribution in [0, 0.1) is 0 Å². The molecule has 0 radical (unpaired) electrons. The van der Waals surface area contributed by atoms with Crippen LogP contribution < -0.4 is 15.5 Å². The smallest absolute Gasteiger partial charge is 0.224 e. The van der Waals surface area contributed by atoms with E-state index >= 15 is 0 Å². The summed E-state index contributed by atoms with van der Waals surface area (Å²) in [6.07, 6.45) is 0.472. The van der Waals surface area contributed by atoms with Crippen LogP contribution >= 0.6 is 24.0 Å². The van der Waals surface area contributed by atoms with Gasteiger partial charge in [0.1, 0.15) is 0 Å². The van der Waals surface area contributed by atoms with Gasteiger partial charge >= 0.3 is 0 Å². The summed E-state index contributed by atoms with van der Waals surface area (Å²) in [7, 11) is 1.76. The van der Waals surface area contributed by atoms with E-state index < -0.39 is 0 Å². The van der Waals surface area contributed by atoms with Crippen LogP contribution in [-0.2, 0) is 4.79 Å². The lowest BCUT2D eigenvalue weighted by molar-refractivity contribution is -0.131. The molecule has 2 aromatic carbocycles. The Labute approximate surface area is 203 Å². The van der Waals surface area contributed by atoms with Crippen molar-refractivity contribution in [3.63, 3.8) is 0 Å². The lowest BCUT2D eigenvalue weighted by atomic mass is 10.0. The molecule has 7 heteroatoms. The van der Waals surface area contributed by atoms with Gasteiger partial charge in [-0.3, -0.25) is 9.79 Å². The average molecular weight is 535 g/mol. The molecule has 168 valence electrons. The number of nitrogens with one attached hydrogen (secondary N) is 2. The summed E-state index contributed by atoms with van der Waals surface area (Å²) in [6.45, 7) is 6.86. The molecule has 0 aliphatic carbocycles. The van der Waals surface area contributed by atoms with Gasteiger partial charge in [0.25, 0.3) is 0 Å². The van der Waals surface area contributed by atoms with E-state index in [1.54, 1.807) is 7.05 Å². The Morgan fingerprint density at radius 3 is 2.19 bits per heavy atom. The molecule has 1 heterocycles. The molecule has 31 heavy (non-hydrogen) atoms. The Kier molecular flexibility index (Phi) is 10.6. The lowest BCUT2D eigenvalue weighted by Crippen LogP contribution is -2.49. The van der Waals surface area contributed by atoms with Crippen LogP contribution in [0.1, 0.15) is 24.8 Å². The number of piperazine rings is 1. The highest BCUT2D eigenvalue weighted by Crippen LogP contribution is 2.16. The van der Waals surface area contributed by atoms with Gasteiger partial charge < -0.3 is 20.4 Å². The molecule has 6 nitrogen and oxygen atoms in total. The number of para-hydroxylation sites is 1. The minimum Gasteiger partial charge on any atom is -0.368 e. The second-order valence-electron chi connectivity index (χ2n) is 7.65. The molecular weight excluding hydrogens is 501 g/mol. The van der Waals surface area contributed by atoms with E-state index in [0.717, 1.165) is 38.7 Å². The summed E-state index contributed by atoms with van der Waals surface area (Å²) in [6, 6.07) is 20.8. The van der Waals surface area contributed by atoms with Crippen molar-refractivity contribution in [2.24, 2.45) is 4.99 Å². The largest absolute Gasteiger partial charge is 0.368 e. The number of aliphatic imine (C=N–C) groups is 1. The molecule has 0 bridgehead atoms. The molecule has 0 saturated carbocycles. The zero-order valence-corrected chi connectivity index (χ0v) is 20.8. The number of hydrogen-bond acceptors (Lipinski definition) is 3. The quantitative estimate of drug-likeness (QED) is 0.325. The number of nitrogens with zero attached hydrogens (tertiary/aromatic N) is 3. The SMILES string of the molecule is CN=C(NCCC(=O)N1CCN(c2ccccc2)CC1)NCC(C)c1ccccc1.I. The number of guanidine groups is 1. The summed E-state index contributed by atoms with van der Waals surface area (Å²) in [5.74, 6) is 1.31. The zero-order chi connectivity index (χ0) is 21.2. The Balaban J connectivity index is 0.00000341. The van der Waals surface area contributed by atoms with Crippen molar-refractivity contribution in [2.45, 2.75) is 19.3 Å². The number of carbonyl (C=O) groups excluding carboxylic acids is 1. The summed E-state index contributed by atoms with van der Waals surface area (Å²) in [4.78, 5) is 21.1. The molecular formula is C24H34IN5O. The molecule has 1 atom stereocenters. The van der Waals surface area contributed by atoms with Gasteiger partial charge in [0, 0.05) is 58.4 Å². The van der Waals surface area contributed by atoms with Crippen LogP contribution in [0.15, 0.2) is 65.7 Å². The number of carbonyl (C=O) groups is 1. The number of rotatable bonds is 7. The van der Waals surface area contributed by atoms with E-state index in [1.165, 1.54) is 11.3 Å². The molecule has 1 amide bonds. The van der Waals surface area contributed by atoms with E-state index in [9.17, 15) is 4.79 Å². The van der Waals surface area contributed by atoms with Crippen molar-refractivity contribution >= 4 is 41.5 Å². The predicted molar refractivity (Wildman–Crippen MR) is 139 cm³/mol. The first kappa shape index (κ1) is 25.0. The van der Waals surface area contributed by atoms with Gasteiger partial charge in [-0.1, -0.05) is 55.5 Å². The predicted octanol–water partition coefficient (Wildman–Crippen LogP) is 3.31. The molecule has 1 saturated heterocycles. The van der Waals surface area contributed by atoms with Crippen molar-refractivity contribution in [1.29, 1.82) is 0 Å². The van der Waals surface area contributed by atoms with E-state index in [-0.39, 0.29) is 29.9 Å². The van der Waals surface area contributed by atoms with Crippen molar-refractivity contribution in [3.05, 3.63) is 66.2 Å². The highest BCUT2D eigenvalue weighted by molar-refractivity contribution is 14.0. The molecule has 2 N–H and O–H groups in total. The van der Waals surface area contributed by atoms with Crippen LogP contribution in [0.2, 0.25) is 0 Å². The van der Waals surface area contributed by atoms with Crippen LogP contribution in [0.25, 0.3) is 0 Å². The average Bonchev–Trinajstić information content (AvgIpc) is 2.82. The standard InChI is InChI=1S/C24H33N5O.HI/c1-20(21-9-5-3-6-10-21)19-27-24(25-2)26-14-13-23(30)29-17-15-28(16-18-29)22-11-7-4-8-12-22;/h3-12,20H,13-19H2,1-2H3,(H2,25,26,27);1H. The van der Waals surface area contributed by atoms with E-state index in [4.69, 9.17) is 0 Å². The number of amides is 1. The molecule has 2 aromatic rings. The minimum atomic E-state index is 0. The first-order valence-corrected chi connectivity index (χ1v) is 10.7. The number of hydrogen-bond donors (Lipinski definition) is 2. The van der Waals surface area contributed by atoms with Gasteiger partial charge in [-0.05, 0) is 23.6 Å². The molecule has 0 aromatic heterocycles. The number of halogens is 1. The third-order valence-electron chi connectivity index (χ3n) is 5.55. The molecule has 1 aliphatic heterocycles. The maximum absolute atomic E-state index is 12.6. The van der Waals surface area contributed by atoms with E-state index in [2.05, 4.69) is 76.0 Å². The zero-order valence-electron chi connectivity index (χ0n) is 18.5. The van der Waals surface area contributed by atoms with Gasteiger partial charge in [-0.2, -0.15) is 0 Å². The Hall–Kier alpha value is -2.29. The van der Waals surface area contributed by atoms with Crippen molar-refractivity contribution < 1.29 is 4.79 Å². The molecule has 0 spiro atoms. The molecule has 1 fully saturated rings. The fraction of sp³-hybridized carbons (Fsp3) is 0.417.